The summed E-state index contributed by atoms with van der Waals surface area (Å²) >= 11 is -1.46. The summed E-state index contributed by atoms with van der Waals surface area (Å²) in [6, 6.07) is 7.48. The van der Waals surface area contributed by atoms with Crippen LogP contribution in [0.5, 0.6) is 0 Å². The van der Waals surface area contributed by atoms with Crippen molar-refractivity contribution in [3.05, 3.63) is 52.4 Å². The SMILES string of the molecule is CC1=C[SH](NC(=O)C(F)(F)F)C(c2ccc(C)cc2)=C1. The van der Waals surface area contributed by atoms with Gasteiger partial charge in [-0.05, 0) is 36.5 Å². The van der Waals surface area contributed by atoms with Gasteiger partial charge in [0.25, 0.3) is 0 Å². The van der Waals surface area contributed by atoms with Gasteiger partial charge in [0.1, 0.15) is 0 Å². The average molecular weight is 301 g/mol. The monoisotopic (exact) mass is 301 g/mol. The van der Waals surface area contributed by atoms with Crippen LogP contribution in [-0.2, 0) is 4.79 Å². The highest BCUT2D eigenvalue weighted by atomic mass is 32.2. The predicted molar refractivity (Wildman–Crippen MR) is 76.1 cm³/mol. The van der Waals surface area contributed by atoms with E-state index in [9.17, 15) is 18.0 Å². The minimum Gasteiger partial charge on any atom is -0.305 e. The number of carbonyl (C=O) groups excluding carboxylic acids is 1. The third-order valence-corrected chi connectivity index (χ3v) is 4.80. The second-order valence-corrected chi connectivity index (χ2v) is 6.28. The number of thiol groups is 1. The summed E-state index contributed by atoms with van der Waals surface area (Å²) in [7, 11) is 0. The molecule has 20 heavy (non-hydrogen) atoms. The number of hydrogen-bond donors (Lipinski definition) is 2. The molecule has 1 aliphatic rings. The van der Waals surface area contributed by atoms with E-state index in [2.05, 4.69) is 4.72 Å². The normalized spacial score (nSPS) is 20.4. The van der Waals surface area contributed by atoms with Gasteiger partial charge in [-0.2, -0.15) is 13.2 Å². The molecule has 0 saturated carbocycles. The van der Waals surface area contributed by atoms with Crippen molar-refractivity contribution in [2.75, 3.05) is 0 Å². The van der Waals surface area contributed by atoms with Gasteiger partial charge in [-0.3, -0.25) is 4.79 Å². The number of benzene rings is 1. The fourth-order valence-electron chi connectivity index (χ4n) is 1.81. The van der Waals surface area contributed by atoms with Gasteiger partial charge in [-0.1, -0.05) is 29.8 Å². The molecule has 1 amide bonds. The molecule has 1 heterocycles. The minimum atomic E-state index is -4.86. The van der Waals surface area contributed by atoms with E-state index >= 15 is 0 Å². The van der Waals surface area contributed by atoms with Gasteiger partial charge in [-0.15, -0.1) is 11.1 Å². The molecular weight excluding hydrogens is 287 g/mol. The van der Waals surface area contributed by atoms with Crippen LogP contribution >= 0.6 is 11.1 Å². The Morgan fingerprint density at radius 3 is 2.30 bits per heavy atom. The van der Waals surface area contributed by atoms with Crippen LogP contribution < -0.4 is 4.72 Å². The Morgan fingerprint density at radius 2 is 1.75 bits per heavy atom. The summed E-state index contributed by atoms with van der Waals surface area (Å²) in [5.74, 6) is -1.90. The van der Waals surface area contributed by atoms with Crippen molar-refractivity contribution in [3.63, 3.8) is 0 Å². The molecule has 0 fully saturated rings. The van der Waals surface area contributed by atoms with Crippen molar-refractivity contribution in [3.8, 4) is 0 Å². The highest BCUT2D eigenvalue weighted by Gasteiger charge is 2.40. The Balaban J connectivity index is 2.23. The molecule has 1 N–H and O–H groups in total. The first-order chi connectivity index (χ1) is 9.27. The van der Waals surface area contributed by atoms with E-state index in [0.717, 1.165) is 21.6 Å². The molecule has 0 radical (unpaired) electrons. The maximum absolute atomic E-state index is 12.3. The summed E-state index contributed by atoms with van der Waals surface area (Å²) < 4.78 is 39.1. The zero-order chi connectivity index (χ0) is 14.9. The number of allylic oxidation sites excluding steroid dienone is 2. The third kappa shape index (κ3) is 3.25. The molecule has 0 aromatic heterocycles. The molecular formula is C14H14F3NOS. The van der Waals surface area contributed by atoms with E-state index < -0.39 is 23.2 Å². The Bertz CT molecular complexity index is 587. The van der Waals surface area contributed by atoms with Crippen molar-refractivity contribution in [2.24, 2.45) is 0 Å². The van der Waals surface area contributed by atoms with Crippen LogP contribution in [0.2, 0.25) is 0 Å². The molecule has 2 nitrogen and oxygen atoms in total. The average Bonchev–Trinajstić information content (AvgIpc) is 2.70. The summed E-state index contributed by atoms with van der Waals surface area (Å²) in [6.07, 6.45) is -3.04. The Kier molecular flexibility index (Phi) is 3.94. The highest BCUT2D eigenvalue weighted by molar-refractivity contribution is 8.26. The van der Waals surface area contributed by atoms with Crippen LogP contribution in [0.25, 0.3) is 4.91 Å². The Labute approximate surface area is 117 Å². The molecule has 0 spiro atoms. The second kappa shape index (κ2) is 5.36. The van der Waals surface area contributed by atoms with Crippen LogP contribution in [0.4, 0.5) is 13.2 Å². The molecule has 1 aromatic rings. The van der Waals surface area contributed by atoms with Gasteiger partial charge >= 0.3 is 12.1 Å². The molecule has 1 unspecified atom stereocenters. The Hall–Kier alpha value is -1.69. The number of rotatable bonds is 2. The molecule has 1 aliphatic heterocycles. The smallest absolute Gasteiger partial charge is 0.305 e. The first-order valence-corrected chi connectivity index (χ1v) is 7.32. The third-order valence-electron chi connectivity index (χ3n) is 2.78. The quantitative estimate of drug-likeness (QED) is 0.798. The number of carbonyl (C=O) groups is 1. The minimum absolute atomic E-state index is 0.732. The first kappa shape index (κ1) is 14.7. The largest absolute Gasteiger partial charge is 0.472 e. The van der Waals surface area contributed by atoms with E-state index in [1.54, 1.807) is 12.3 Å². The van der Waals surface area contributed by atoms with Crippen molar-refractivity contribution in [1.82, 2.24) is 4.72 Å². The highest BCUT2D eigenvalue weighted by Crippen LogP contribution is 2.47. The van der Waals surface area contributed by atoms with Crippen LogP contribution in [0, 0.1) is 6.92 Å². The molecule has 0 bridgehead atoms. The van der Waals surface area contributed by atoms with Gasteiger partial charge in [0, 0.05) is 4.91 Å². The van der Waals surface area contributed by atoms with Gasteiger partial charge < -0.3 is 4.72 Å². The molecule has 108 valence electrons. The van der Waals surface area contributed by atoms with Crippen molar-refractivity contribution < 1.29 is 18.0 Å². The number of hydrogen-bond acceptors (Lipinski definition) is 1. The predicted octanol–water partition coefficient (Wildman–Crippen LogP) is 3.85. The maximum Gasteiger partial charge on any atom is 0.472 e. The van der Waals surface area contributed by atoms with Crippen molar-refractivity contribution in [1.29, 1.82) is 0 Å². The molecule has 0 aliphatic carbocycles. The number of alkyl halides is 3. The summed E-state index contributed by atoms with van der Waals surface area (Å²) in [6.45, 7) is 3.74. The van der Waals surface area contributed by atoms with Crippen molar-refractivity contribution >= 4 is 21.9 Å². The summed E-state index contributed by atoms with van der Waals surface area (Å²) in [5, 5.41) is 1.67. The van der Waals surface area contributed by atoms with Gasteiger partial charge in [0.15, 0.2) is 0 Å². The maximum atomic E-state index is 12.3. The summed E-state index contributed by atoms with van der Waals surface area (Å²) in [5.41, 5.74) is 2.76. The zero-order valence-electron chi connectivity index (χ0n) is 11.0. The molecule has 6 heteroatoms. The van der Waals surface area contributed by atoms with Crippen LogP contribution in [0.1, 0.15) is 18.1 Å². The topological polar surface area (TPSA) is 29.1 Å². The van der Waals surface area contributed by atoms with Crippen molar-refractivity contribution in [2.45, 2.75) is 20.0 Å². The summed E-state index contributed by atoms with van der Waals surface area (Å²) in [4.78, 5) is 11.8. The fourth-order valence-corrected chi connectivity index (χ4v) is 3.73. The van der Waals surface area contributed by atoms with Crippen LogP contribution in [-0.4, -0.2) is 12.1 Å². The Morgan fingerprint density at radius 1 is 1.15 bits per heavy atom. The van der Waals surface area contributed by atoms with E-state index in [1.807, 2.05) is 37.3 Å². The van der Waals surface area contributed by atoms with E-state index in [-0.39, 0.29) is 0 Å². The van der Waals surface area contributed by atoms with E-state index in [0.29, 0.717) is 0 Å². The lowest BCUT2D eigenvalue weighted by atomic mass is 10.1. The fraction of sp³-hybridized carbons (Fsp3) is 0.214. The number of aryl methyl sites for hydroxylation is 1. The lowest BCUT2D eigenvalue weighted by molar-refractivity contribution is -0.171. The lowest BCUT2D eigenvalue weighted by Crippen LogP contribution is -2.34. The number of nitrogens with one attached hydrogen (secondary N) is 1. The van der Waals surface area contributed by atoms with Gasteiger partial charge in [0.2, 0.25) is 0 Å². The molecule has 1 atom stereocenters. The van der Waals surface area contributed by atoms with E-state index in [1.165, 1.54) is 0 Å². The van der Waals surface area contributed by atoms with Crippen LogP contribution in [0.15, 0.2) is 41.3 Å². The zero-order valence-corrected chi connectivity index (χ0v) is 11.8. The van der Waals surface area contributed by atoms with Gasteiger partial charge in [0.05, 0.1) is 0 Å². The molecule has 1 aromatic carbocycles. The molecule has 0 saturated heterocycles. The lowest BCUT2D eigenvalue weighted by Gasteiger charge is -2.20. The first-order valence-electron chi connectivity index (χ1n) is 5.91. The molecule has 2 rings (SSSR count). The van der Waals surface area contributed by atoms with E-state index in [4.69, 9.17) is 0 Å². The number of halogens is 3. The standard InChI is InChI=1S/C14H14F3NOS/c1-9-3-5-11(6-4-9)12-7-10(2)8-20(12)18-13(19)14(15,16)17/h3-8,20H,1-2H3,(H,18,19). The van der Waals surface area contributed by atoms with Crippen LogP contribution in [0.3, 0.4) is 0 Å². The second-order valence-electron chi connectivity index (χ2n) is 4.58. The number of amides is 1. The van der Waals surface area contributed by atoms with Gasteiger partial charge in [-0.25, -0.2) is 0 Å².